The molecule has 1 aliphatic heterocycles. The van der Waals surface area contributed by atoms with Crippen LogP contribution in [0, 0.1) is 12.8 Å². The molecule has 0 radical (unpaired) electrons. The molecule has 1 amide bonds. The fraction of sp³-hybridized carbons (Fsp3) is 0.778. The zero-order chi connectivity index (χ0) is 16.6. The summed E-state index contributed by atoms with van der Waals surface area (Å²) in [5, 5.41) is 4.40. The number of aromatic nitrogens is 2. The van der Waals surface area contributed by atoms with Gasteiger partial charge in [0, 0.05) is 44.0 Å². The van der Waals surface area contributed by atoms with E-state index in [4.69, 9.17) is 0 Å². The van der Waals surface area contributed by atoms with Crippen molar-refractivity contribution in [3.63, 3.8) is 0 Å². The number of amides is 1. The first-order valence-corrected chi connectivity index (χ1v) is 9.04. The van der Waals surface area contributed by atoms with Gasteiger partial charge in [0.1, 0.15) is 0 Å². The molecule has 1 aromatic rings. The van der Waals surface area contributed by atoms with E-state index in [2.05, 4.69) is 30.8 Å². The lowest BCUT2D eigenvalue weighted by Gasteiger charge is -2.37. The maximum atomic E-state index is 13.0. The lowest BCUT2D eigenvalue weighted by atomic mass is 9.91. The van der Waals surface area contributed by atoms with Crippen molar-refractivity contribution >= 4 is 5.91 Å². The van der Waals surface area contributed by atoms with Crippen LogP contribution in [0.3, 0.4) is 0 Å². The van der Waals surface area contributed by atoms with Crippen LogP contribution in [0.1, 0.15) is 62.1 Å². The molecule has 1 aromatic heterocycles. The van der Waals surface area contributed by atoms with Gasteiger partial charge in [-0.05, 0) is 39.5 Å². The van der Waals surface area contributed by atoms with Crippen molar-refractivity contribution in [3.8, 4) is 0 Å². The van der Waals surface area contributed by atoms with Gasteiger partial charge in [-0.2, -0.15) is 5.10 Å². The number of carbonyl (C=O) groups excluding carboxylic acids is 1. The second-order valence-electron chi connectivity index (χ2n) is 7.62. The summed E-state index contributed by atoms with van der Waals surface area (Å²) in [6.45, 7) is 12.3. The first kappa shape index (κ1) is 16.5. The lowest BCUT2D eigenvalue weighted by molar-refractivity contribution is 0.0742. The largest absolute Gasteiger partial charge is 0.337 e. The summed E-state index contributed by atoms with van der Waals surface area (Å²) in [6, 6.07) is 1.05. The number of nitrogens with zero attached hydrogens (tertiary/aromatic N) is 4. The molecule has 5 heteroatoms. The number of carbonyl (C=O) groups is 1. The molecule has 2 aliphatic rings. The molecule has 0 N–H and O–H groups in total. The van der Waals surface area contributed by atoms with Crippen molar-refractivity contribution in [3.05, 3.63) is 17.5 Å². The minimum atomic E-state index is 0.150. The fourth-order valence-electron chi connectivity index (χ4n) is 3.86. The Kier molecular flexibility index (Phi) is 4.76. The van der Waals surface area contributed by atoms with Gasteiger partial charge in [-0.15, -0.1) is 0 Å². The molecule has 0 bridgehead atoms. The third-order valence-electron chi connectivity index (χ3n) is 5.38. The number of rotatable bonds is 3. The van der Waals surface area contributed by atoms with E-state index in [0.717, 1.165) is 43.5 Å². The molecule has 1 saturated heterocycles. The van der Waals surface area contributed by atoms with E-state index >= 15 is 0 Å². The Morgan fingerprint density at radius 2 is 2.00 bits per heavy atom. The molecule has 0 aromatic carbocycles. The third kappa shape index (κ3) is 3.30. The van der Waals surface area contributed by atoms with Crippen LogP contribution in [-0.4, -0.2) is 57.7 Å². The van der Waals surface area contributed by atoms with Gasteiger partial charge in [-0.25, -0.2) is 0 Å². The number of hydrogen-bond acceptors (Lipinski definition) is 3. The van der Waals surface area contributed by atoms with E-state index in [1.807, 2.05) is 16.5 Å². The van der Waals surface area contributed by atoms with Gasteiger partial charge in [0.15, 0.2) is 0 Å². The molecule has 23 heavy (non-hydrogen) atoms. The van der Waals surface area contributed by atoms with Crippen LogP contribution in [-0.2, 0) is 0 Å². The normalized spacial score (nSPS) is 23.9. The van der Waals surface area contributed by atoms with Gasteiger partial charge >= 0.3 is 0 Å². The Morgan fingerprint density at radius 3 is 2.57 bits per heavy atom. The van der Waals surface area contributed by atoms with E-state index in [1.165, 1.54) is 19.3 Å². The maximum absolute atomic E-state index is 13.0. The zero-order valence-electron chi connectivity index (χ0n) is 15.0. The van der Waals surface area contributed by atoms with Crippen LogP contribution in [0.4, 0.5) is 0 Å². The van der Waals surface area contributed by atoms with Crippen molar-refractivity contribution < 1.29 is 4.79 Å². The maximum Gasteiger partial charge on any atom is 0.257 e. The molecule has 1 atom stereocenters. The molecule has 1 saturated carbocycles. The standard InChI is InChI=1S/C18H30N4O/c1-13(2)22-15(4)17(10-19-22)18(23)21-9-8-20(11-14(3)12-21)16-6-5-7-16/h10,13-14,16H,5-9,11-12H2,1-4H3. The van der Waals surface area contributed by atoms with E-state index in [0.29, 0.717) is 5.92 Å². The minimum Gasteiger partial charge on any atom is -0.337 e. The molecular formula is C18H30N4O. The molecule has 1 aliphatic carbocycles. The van der Waals surface area contributed by atoms with Gasteiger partial charge in [0.25, 0.3) is 5.91 Å². The van der Waals surface area contributed by atoms with Crippen molar-refractivity contribution in [1.82, 2.24) is 19.6 Å². The van der Waals surface area contributed by atoms with Gasteiger partial charge in [-0.3, -0.25) is 14.4 Å². The van der Waals surface area contributed by atoms with Crippen LogP contribution in [0.15, 0.2) is 6.20 Å². The Balaban J connectivity index is 1.71. The van der Waals surface area contributed by atoms with Gasteiger partial charge in [0.05, 0.1) is 11.8 Å². The first-order chi connectivity index (χ1) is 11.0. The molecule has 1 unspecified atom stereocenters. The Labute approximate surface area is 139 Å². The summed E-state index contributed by atoms with van der Waals surface area (Å²) < 4.78 is 1.94. The molecule has 128 valence electrons. The summed E-state index contributed by atoms with van der Waals surface area (Å²) in [5.74, 6) is 0.680. The topological polar surface area (TPSA) is 41.4 Å². The third-order valence-corrected chi connectivity index (χ3v) is 5.38. The van der Waals surface area contributed by atoms with E-state index in [1.54, 1.807) is 6.20 Å². The smallest absolute Gasteiger partial charge is 0.257 e. The van der Waals surface area contributed by atoms with Crippen molar-refractivity contribution in [2.45, 2.75) is 59.0 Å². The average molecular weight is 318 g/mol. The summed E-state index contributed by atoms with van der Waals surface area (Å²) in [7, 11) is 0. The van der Waals surface area contributed by atoms with Crippen LogP contribution >= 0.6 is 0 Å². The predicted octanol–water partition coefficient (Wildman–Crippen LogP) is 2.72. The Bertz CT molecular complexity index is 561. The number of hydrogen-bond donors (Lipinski definition) is 0. The van der Waals surface area contributed by atoms with Crippen molar-refractivity contribution in [2.24, 2.45) is 5.92 Å². The SMILES string of the molecule is Cc1c(C(=O)N2CCN(C3CCC3)CC(C)C2)cnn1C(C)C. The highest BCUT2D eigenvalue weighted by atomic mass is 16.2. The molecule has 3 rings (SSSR count). The summed E-state index contributed by atoms with van der Waals surface area (Å²) in [4.78, 5) is 17.6. The quantitative estimate of drug-likeness (QED) is 0.860. The van der Waals surface area contributed by atoms with Crippen LogP contribution in [0.25, 0.3) is 0 Å². The molecule has 2 heterocycles. The Morgan fingerprint density at radius 1 is 1.26 bits per heavy atom. The molecular weight excluding hydrogens is 288 g/mol. The van der Waals surface area contributed by atoms with E-state index in [-0.39, 0.29) is 11.9 Å². The van der Waals surface area contributed by atoms with E-state index < -0.39 is 0 Å². The van der Waals surface area contributed by atoms with Gasteiger partial charge < -0.3 is 4.90 Å². The van der Waals surface area contributed by atoms with Gasteiger partial charge in [-0.1, -0.05) is 13.3 Å². The summed E-state index contributed by atoms with van der Waals surface area (Å²) in [5.41, 5.74) is 1.75. The minimum absolute atomic E-state index is 0.150. The zero-order valence-corrected chi connectivity index (χ0v) is 15.0. The van der Waals surface area contributed by atoms with Crippen LogP contribution in [0.5, 0.6) is 0 Å². The highest BCUT2D eigenvalue weighted by Gasteiger charge is 2.31. The average Bonchev–Trinajstić information content (AvgIpc) is 2.71. The Hall–Kier alpha value is -1.36. The molecule has 0 spiro atoms. The lowest BCUT2D eigenvalue weighted by Crippen LogP contribution is -2.43. The highest BCUT2D eigenvalue weighted by molar-refractivity contribution is 5.95. The van der Waals surface area contributed by atoms with Crippen molar-refractivity contribution in [1.29, 1.82) is 0 Å². The monoisotopic (exact) mass is 318 g/mol. The first-order valence-electron chi connectivity index (χ1n) is 9.04. The summed E-state index contributed by atoms with van der Waals surface area (Å²) in [6.07, 6.45) is 5.78. The van der Waals surface area contributed by atoms with Gasteiger partial charge in [0.2, 0.25) is 0 Å². The second kappa shape index (κ2) is 6.63. The summed E-state index contributed by atoms with van der Waals surface area (Å²) >= 11 is 0. The fourth-order valence-corrected chi connectivity index (χ4v) is 3.86. The molecule has 2 fully saturated rings. The van der Waals surface area contributed by atoms with E-state index in [9.17, 15) is 4.79 Å². The van der Waals surface area contributed by atoms with Crippen molar-refractivity contribution in [2.75, 3.05) is 26.2 Å². The molecule has 5 nitrogen and oxygen atoms in total. The highest BCUT2D eigenvalue weighted by Crippen LogP contribution is 2.27. The van der Waals surface area contributed by atoms with Crippen LogP contribution < -0.4 is 0 Å². The predicted molar refractivity (Wildman–Crippen MR) is 91.6 cm³/mol. The van der Waals surface area contributed by atoms with Crippen LogP contribution in [0.2, 0.25) is 0 Å². The second-order valence-corrected chi connectivity index (χ2v) is 7.62.